The Morgan fingerprint density at radius 3 is 2.52 bits per heavy atom. The Labute approximate surface area is 145 Å². The summed E-state index contributed by atoms with van der Waals surface area (Å²) in [6.45, 7) is 0. The second kappa shape index (κ2) is 8.26. The average Bonchev–Trinajstić information content (AvgIpc) is 2.62. The number of carbonyl (C=O) groups excluding carboxylic acids is 1. The summed E-state index contributed by atoms with van der Waals surface area (Å²) >= 11 is 0. The molecule has 0 aliphatic heterocycles. The molecule has 7 nitrogen and oxygen atoms in total. The van der Waals surface area contributed by atoms with Gasteiger partial charge in [-0.15, -0.1) is 0 Å². The Hall–Kier alpha value is -3.66. The van der Waals surface area contributed by atoms with Crippen LogP contribution in [0.5, 0.6) is 17.2 Å². The zero-order chi connectivity index (χ0) is 18.2. The lowest BCUT2D eigenvalue weighted by Gasteiger charge is -2.10. The monoisotopic (exact) mass is 339 g/mol. The number of phenolic OH excluding ortho intramolecular Hbond substituents is 1. The van der Waals surface area contributed by atoms with E-state index in [4.69, 9.17) is 9.47 Å². The van der Waals surface area contributed by atoms with Gasteiger partial charge >= 0.3 is 0 Å². The number of benzene rings is 2. The van der Waals surface area contributed by atoms with E-state index in [0.717, 1.165) is 0 Å². The lowest BCUT2D eigenvalue weighted by Crippen LogP contribution is -2.14. The minimum absolute atomic E-state index is 0.0174. The second-order valence-electron chi connectivity index (χ2n) is 4.89. The molecule has 0 atom stereocenters. The topological polar surface area (TPSA) is 104 Å². The molecule has 0 saturated carbocycles. The Bertz CT molecular complexity index is 840. The summed E-state index contributed by atoms with van der Waals surface area (Å²) in [6, 6.07) is 13.0. The summed E-state index contributed by atoms with van der Waals surface area (Å²) in [5.41, 5.74) is 0.881. The van der Waals surface area contributed by atoms with E-state index >= 15 is 0 Å². The number of hydrogen-bond acceptors (Lipinski definition) is 6. The zero-order valence-corrected chi connectivity index (χ0v) is 13.7. The van der Waals surface area contributed by atoms with Gasteiger partial charge in [0.2, 0.25) is 0 Å². The number of aromatic hydroxyl groups is 1. The lowest BCUT2D eigenvalue weighted by atomic mass is 10.2. The molecule has 0 aliphatic rings. The van der Waals surface area contributed by atoms with Crippen LogP contribution in [0.3, 0.4) is 0 Å². The van der Waals surface area contributed by atoms with Crippen LogP contribution in [0.4, 0.5) is 11.4 Å². The minimum atomic E-state index is -0.596. The molecule has 3 N–H and O–H groups in total. The summed E-state index contributed by atoms with van der Waals surface area (Å²) in [5.74, 6) is 0.507. The van der Waals surface area contributed by atoms with Crippen molar-refractivity contribution < 1.29 is 19.4 Å². The summed E-state index contributed by atoms with van der Waals surface area (Å²) in [4.78, 5) is 12.1. The molecule has 0 radical (unpaired) electrons. The van der Waals surface area contributed by atoms with Crippen LogP contribution in [-0.4, -0.2) is 25.2 Å². The zero-order valence-electron chi connectivity index (χ0n) is 13.7. The molecule has 1 amide bonds. The molecule has 7 heteroatoms. The van der Waals surface area contributed by atoms with E-state index in [0.29, 0.717) is 22.9 Å². The molecule has 0 bridgehead atoms. The maximum Gasteiger partial charge on any atom is 0.267 e. The fraction of sp³-hybridized carbons (Fsp3) is 0.111. The normalized spacial score (nSPS) is 10.5. The van der Waals surface area contributed by atoms with Gasteiger partial charge in [0, 0.05) is 29.7 Å². The first kappa shape index (κ1) is 17.7. The summed E-state index contributed by atoms with van der Waals surface area (Å²) in [5, 5.41) is 24.0. The summed E-state index contributed by atoms with van der Waals surface area (Å²) in [7, 11) is 3.05. The molecule has 0 unspecified atom stereocenters. The number of nitrogens with zero attached hydrogens (tertiary/aromatic N) is 1. The molecular formula is C18H17N3O4. The van der Waals surface area contributed by atoms with Crippen LogP contribution in [0, 0.1) is 11.3 Å². The van der Waals surface area contributed by atoms with Crippen molar-refractivity contribution in [2.45, 2.75) is 0 Å². The van der Waals surface area contributed by atoms with Crippen molar-refractivity contribution in [2.24, 2.45) is 0 Å². The number of rotatable bonds is 6. The van der Waals surface area contributed by atoms with Gasteiger partial charge in [-0.1, -0.05) is 6.07 Å². The molecule has 2 aromatic carbocycles. The third-order valence-electron chi connectivity index (χ3n) is 3.24. The molecule has 0 aliphatic carbocycles. The number of carbonyl (C=O) groups is 1. The van der Waals surface area contributed by atoms with Crippen LogP contribution < -0.4 is 20.1 Å². The van der Waals surface area contributed by atoms with Gasteiger partial charge in [0.1, 0.15) is 17.4 Å². The maximum absolute atomic E-state index is 12.1. The first-order valence-corrected chi connectivity index (χ1v) is 7.26. The Balaban J connectivity index is 2.12. The van der Waals surface area contributed by atoms with Crippen LogP contribution in [0.15, 0.2) is 54.2 Å². The number of anilines is 2. The number of amides is 1. The third kappa shape index (κ3) is 4.65. The van der Waals surface area contributed by atoms with Gasteiger partial charge < -0.3 is 25.2 Å². The SMILES string of the molecule is COc1ccc(N/C=C(/C#N)C(=O)Nc2cccc(O)c2)cc1OC. The number of phenols is 1. The predicted octanol–water partition coefficient (Wildman–Crippen LogP) is 2.87. The Morgan fingerprint density at radius 2 is 1.88 bits per heavy atom. The van der Waals surface area contributed by atoms with Gasteiger partial charge in [0.15, 0.2) is 11.5 Å². The standard InChI is InChI=1S/C18H17N3O4/c1-24-16-7-6-13(9-17(16)25-2)20-11-12(10-19)18(23)21-14-4-3-5-15(22)8-14/h3-9,11,20,22H,1-2H3,(H,21,23)/b12-11-. The smallest absolute Gasteiger partial charge is 0.267 e. The highest BCUT2D eigenvalue weighted by molar-refractivity contribution is 6.06. The van der Waals surface area contributed by atoms with E-state index in [-0.39, 0.29) is 11.3 Å². The highest BCUT2D eigenvalue weighted by Gasteiger charge is 2.10. The van der Waals surface area contributed by atoms with Crippen LogP contribution in [0.25, 0.3) is 0 Å². The van der Waals surface area contributed by atoms with E-state index in [2.05, 4.69) is 10.6 Å². The molecule has 0 aromatic heterocycles. The molecular weight excluding hydrogens is 322 g/mol. The van der Waals surface area contributed by atoms with Gasteiger partial charge in [-0.2, -0.15) is 5.26 Å². The van der Waals surface area contributed by atoms with Gasteiger partial charge in [0.05, 0.1) is 14.2 Å². The van der Waals surface area contributed by atoms with Crippen LogP contribution >= 0.6 is 0 Å². The molecule has 0 fully saturated rings. The van der Waals surface area contributed by atoms with Gasteiger partial charge in [-0.3, -0.25) is 4.79 Å². The van der Waals surface area contributed by atoms with Crippen LogP contribution in [0.2, 0.25) is 0 Å². The number of methoxy groups -OCH3 is 2. The summed E-state index contributed by atoms with van der Waals surface area (Å²) < 4.78 is 10.3. The number of nitriles is 1. The number of nitrogens with one attached hydrogen (secondary N) is 2. The highest BCUT2D eigenvalue weighted by Crippen LogP contribution is 2.29. The van der Waals surface area contributed by atoms with Gasteiger partial charge in [-0.05, 0) is 24.3 Å². The van der Waals surface area contributed by atoms with Gasteiger partial charge in [-0.25, -0.2) is 0 Å². The molecule has 0 heterocycles. The lowest BCUT2D eigenvalue weighted by molar-refractivity contribution is -0.112. The first-order chi connectivity index (χ1) is 12.1. The third-order valence-corrected chi connectivity index (χ3v) is 3.24. The van der Waals surface area contributed by atoms with E-state index in [1.54, 1.807) is 30.3 Å². The molecule has 2 rings (SSSR count). The minimum Gasteiger partial charge on any atom is -0.508 e. The van der Waals surface area contributed by atoms with E-state index in [1.807, 2.05) is 6.07 Å². The van der Waals surface area contributed by atoms with Crippen molar-refractivity contribution >= 4 is 17.3 Å². The Kier molecular flexibility index (Phi) is 5.85. The van der Waals surface area contributed by atoms with Gasteiger partial charge in [0.25, 0.3) is 5.91 Å². The molecule has 25 heavy (non-hydrogen) atoms. The average molecular weight is 339 g/mol. The van der Waals surface area contributed by atoms with Crippen LogP contribution in [0.1, 0.15) is 0 Å². The predicted molar refractivity (Wildman–Crippen MR) is 93.6 cm³/mol. The second-order valence-corrected chi connectivity index (χ2v) is 4.89. The highest BCUT2D eigenvalue weighted by atomic mass is 16.5. The van der Waals surface area contributed by atoms with E-state index in [1.165, 1.54) is 32.6 Å². The molecule has 0 spiro atoms. The van der Waals surface area contributed by atoms with E-state index < -0.39 is 5.91 Å². The van der Waals surface area contributed by atoms with Crippen molar-refractivity contribution in [1.29, 1.82) is 5.26 Å². The summed E-state index contributed by atoms with van der Waals surface area (Å²) in [6.07, 6.45) is 1.29. The Morgan fingerprint density at radius 1 is 1.12 bits per heavy atom. The molecule has 0 saturated heterocycles. The van der Waals surface area contributed by atoms with Crippen molar-refractivity contribution in [3.8, 4) is 23.3 Å². The first-order valence-electron chi connectivity index (χ1n) is 7.26. The number of ether oxygens (including phenoxy) is 2. The number of hydrogen-bond donors (Lipinski definition) is 3. The van der Waals surface area contributed by atoms with Crippen LogP contribution in [-0.2, 0) is 4.79 Å². The van der Waals surface area contributed by atoms with Crippen molar-refractivity contribution in [3.05, 3.63) is 54.2 Å². The maximum atomic E-state index is 12.1. The fourth-order valence-corrected chi connectivity index (χ4v) is 2.01. The van der Waals surface area contributed by atoms with Crippen molar-refractivity contribution in [1.82, 2.24) is 0 Å². The molecule has 2 aromatic rings. The molecule has 128 valence electrons. The fourth-order valence-electron chi connectivity index (χ4n) is 2.01. The largest absolute Gasteiger partial charge is 0.508 e. The van der Waals surface area contributed by atoms with Crippen molar-refractivity contribution in [2.75, 3.05) is 24.9 Å². The quantitative estimate of drug-likeness (QED) is 0.552. The van der Waals surface area contributed by atoms with Crippen molar-refractivity contribution in [3.63, 3.8) is 0 Å². The van der Waals surface area contributed by atoms with E-state index in [9.17, 15) is 15.2 Å².